The fourth-order valence-corrected chi connectivity index (χ4v) is 3.53. The Hall–Kier alpha value is -2.05. The van der Waals surface area contributed by atoms with Crippen LogP contribution in [0.4, 0.5) is 9.59 Å². The number of allylic oxidation sites excluding steroid dienone is 1. The lowest BCUT2D eigenvalue weighted by Crippen LogP contribution is -2.58. The van der Waals surface area contributed by atoms with Gasteiger partial charge in [0.05, 0.1) is 24.8 Å². The van der Waals surface area contributed by atoms with Gasteiger partial charge < -0.3 is 14.8 Å². The number of carbonyl (C=O) groups excluding carboxylic acids is 3. The number of nitrogens with zero attached hydrogens (tertiary/aromatic N) is 1. The fourth-order valence-electron chi connectivity index (χ4n) is 3.53. The Morgan fingerprint density at radius 2 is 1.75 bits per heavy atom. The SMILES string of the molecule is CCOC(=O)C1=C(C)NC(=O)N(C(=O)OCC)C1C1CCCCC1. The van der Waals surface area contributed by atoms with Gasteiger partial charge in [-0.25, -0.2) is 19.3 Å². The summed E-state index contributed by atoms with van der Waals surface area (Å²) in [5.41, 5.74) is 0.811. The van der Waals surface area contributed by atoms with Gasteiger partial charge in [0.1, 0.15) is 0 Å². The van der Waals surface area contributed by atoms with Gasteiger partial charge in [-0.2, -0.15) is 0 Å². The van der Waals surface area contributed by atoms with Crippen molar-refractivity contribution in [2.45, 2.75) is 58.9 Å². The molecule has 3 amide bonds. The fraction of sp³-hybridized carbons (Fsp3) is 0.706. The zero-order chi connectivity index (χ0) is 17.7. The van der Waals surface area contributed by atoms with E-state index in [0.29, 0.717) is 11.3 Å². The summed E-state index contributed by atoms with van der Waals surface area (Å²) in [5, 5.41) is 2.59. The van der Waals surface area contributed by atoms with Crippen LogP contribution in [0.25, 0.3) is 0 Å². The molecule has 0 aromatic rings. The Bertz CT molecular complexity index is 537. The van der Waals surface area contributed by atoms with Crippen molar-refractivity contribution in [3.05, 3.63) is 11.3 Å². The molecule has 1 N–H and O–H groups in total. The van der Waals surface area contributed by atoms with Gasteiger partial charge in [-0.3, -0.25) is 0 Å². The minimum Gasteiger partial charge on any atom is -0.463 e. The maximum atomic E-state index is 12.5. The molecule has 7 nitrogen and oxygen atoms in total. The molecule has 1 aliphatic heterocycles. The molecule has 1 heterocycles. The Kier molecular flexibility index (Phi) is 6.23. The van der Waals surface area contributed by atoms with E-state index in [1.807, 2.05) is 0 Å². The molecule has 0 spiro atoms. The summed E-state index contributed by atoms with van der Waals surface area (Å²) in [6, 6.07) is -1.17. The normalized spacial score (nSPS) is 22.2. The van der Waals surface area contributed by atoms with E-state index in [9.17, 15) is 14.4 Å². The van der Waals surface area contributed by atoms with Gasteiger partial charge in [0, 0.05) is 5.70 Å². The predicted octanol–water partition coefficient (Wildman–Crippen LogP) is 2.95. The molecule has 1 aliphatic carbocycles. The van der Waals surface area contributed by atoms with Crippen molar-refractivity contribution in [3.63, 3.8) is 0 Å². The van der Waals surface area contributed by atoms with E-state index < -0.39 is 24.1 Å². The Balaban J connectivity index is 2.43. The lowest BCUT2D eigenvalue weighted by Gasteiger charge is -2.40. The van der Waals surface area contributed by atoms with Gasteiger partial charge in [0.25, 0.3) is 0 Å². The van der Waals surface area contributed by atoms with Crippen LogP contribution >= 0.6 is 0 Å². The molecule has 24 heavy (non-hydrogen) atoms. The van der Waals surface area contributed by atoms with Crippen LogP contribution in [0.2, 0.25) is 0 Å². The van der Waals surface area contributed by atoms with Crippen LogP contribution in [0, 0.1) is 5.92 Å². The molecule has 2 rings (SSSR count). The predicted molar refractivity (Wildman–Crippen MR) is 87.1 cm³/mol. The number of ether oxygens (including phenoxy) is 2. The molecule has 0 radical (unpaired) electrons. The number of rotatable bonds is 4. The first kappa shape index (κ1) is 18.3. The van der Waals surface area contributed by atoms with Crippen LogP contribution < -0.4 is 5.32 Å². The molecule has 134 valence electrons. The lowest BCUT2D eigenvalue weighted by molar-refractivity contribution is -0.139. The van der Waals surface area contributed by atoms with E-state index in [1.165, 1.54) is 0 Å². The minimum atomic E-state index is -0.722. The molecule has 0 bridgehead atoms. The number of hydrogen-bond acceptors (Lipinski definition) is 5. The van der Waals surface area contributed by atoms with E-state index in [4.69, 9.17) is 9.47 Å². The van der Waals surface area contributed by atoms with Crippen LogP contribution in [0.5, 0.6) is 0 Å². The molecule has 1 saturated carbocycles. The van der Waals surface area contributed by atoms with E-state index in [1.54, 1.807) is 20.8 Å². The number of esters is 1. The molecule has 1 atom stereocenters. The van der Waals surface area contributed by atoms with Gasteiger partial charge in [0.15, 0.2) is 0 Å². The standard InChI is InChI=1S/C17H26N2O5/c1-4-23-15(20)13-11(3)18-16(21)19(17(22)24-5-2)14(13)12-9-7-6-8-10-12/h12,14H,4-10H2,1-3H3,(H,18,21). The molecule has 0 aromatic heterocycles. The summed E-state index contributed by atoms with van der Waals surface area (Å²) in [4.78, 5) is 38.3. The molecule has 2 aliphatic rings. The quantitative estimate of drug-likeness (QED) is 0.797. The molecule has 1 fully saturated rings. The van der Waals surface area contributed by atoms with E-state index >= 15 is 0 Å². The number of imide groups is 1. The van der Waals surface area contributed by atoms with Gasteiger partial charge in [0.2, 0.25) is 0 Å². The topological polar surface area (TPSA) is 84.9 Å². The van der Waals surface area contributed by atoms with E-state index in [-0.39, 0.29) is 19.1 Å². The highest BCUT2D eigenvalue weighted by Gasteiger charge is 2.45. The maximum Gasteiger partial charge on any atom is 0.418 e. The monoisotopic (exact) mass is 338 g/mol. The van der Waals surface area contributed by atoms with Crippen LogP contribution in [0.3, 0.4) is 0 Å². The van der Waals surface area contributed by atoms with Crippen molar-refractivity contribution < 1.29 is 23.9 Å². The highest BCUT2D eigenvalue weighted by atomic mass is 16.6. The molecule has 0 saturated heterocycles. The minimum absolute atomic E-state index is 0.0450. The van der Waals surface area contributed by atoms with E-state index in [0.717, 1.165) is 37.0 Å². The van der Waals surface area contributed by atoms with Gasteiger partial charge >= 0.3 is 18.1 Å². The van der Waals surface area contributed by atoms with Crippen molar-refractivity contribution >= 4 is 18.1 Å². The second-order valence-electron chi connectivity index (χ2n) is 6.10. The van der Waals surface area contributed by atoms with Crippen molar-refractivity contribution in [3.8, 4) is 0 Å². The molecule has 7 heteroatoms. The first-order valence-corrected chi connectivity index (χ1v) is 8.66. The summed E-state index contributed by atoms with van der Waals surface area (Å²) in [7, 11) is 0. The largest absolute Gasteiger partial charge is 0.463 e. The number of hydrogen-bond donors (Lipinski definition) is 1. The smallest absolute Gasteiger partial charge is 0.418 e. The zero-order valence-electron chi connectivity index (χ0n) is 14.6. The van der Waals surface area contributed by atoms with E-state index in [2.05, 4.69) is 5.32 Å². The summed E-state index contributed by atoms with van der Waals surface area (Å²) in [6.45, 7) is 5.48. The highest BCUT2D eigenvalue weighted by Crippen LogP contribution is 2.36. The molecule has 0 aromatic carbocycles. The summed E-state index contributed by atoms with van der Waals surface area (Å²) < 4.78 is 10.2. The number of urea groups is 1. The molecular formula is C17H26N2O5. The highest BCUT2D eigenvalue weighted by molar-refractivity contribution is 6.00. The third-order valence-electron chi connectivity index (χ3n) is 4.55. The second kappa shape index (κ2) is 8.17. The molecule has 1 unspecified atom stereocenters. The van der Waals surface area contributed by atoms with Crippen LogP contribution in [0.15, 0.2) is 11.3 Å². The summed E-state index contributed by atoms with van der Waals surface area (Å²) >= 11 is 0. The Morgan fingerprint density at radius 1 is 1.12 bits per heavy atom. The van der Waals surface area contributed by atoms with Crippen molar-refractivity contribution in [2.75, 3.05) is 13.2 Å². The lowest BCUT2D eigenvalue weighted by atomic mass is 9.79. The van der Waals surface area contributed by atoms with Crippen molar-refractivity contribution in [1.82, 2.24) is 10.2 Å². The number of carbonyl (C=O) groups is 3. The number of nitrogens with one attached hydrogen (secondary N) is 1. The Morgan fingerprint density at radius 3 is 2.33 bits per heavy atom. The summed E-state index contributed by atoms with van der Waals surface area (Å²) in [5.74, 6) is -0.441. The van der Waals surface area contributed by atoms with Crippen molar-refractivity contribution in [1.29, 1.82) is 0 Å². The zero-order valence-corrected chi connectivity index (χ0v) is 14.6. The number of amides is 3. The average Bonchev–Trinajstić information content (AvgIpc) is 2.55. The van der Waals surface area contributed by atoms with Gasteiger partial charge in [-0.1, -0.05) is 19.3 Å². The third kappa shape index (κ3) is 3.71. The van der Waals surface area contributed by atoms with Gasteiger partial charge in [-0.05, 0) is 39.5 Å². The van der Waals surface area contributed by atoms with Crippen LogP contribution in [-0.2, 0) is 14.3 Å². The second-order valence-corrected chi connectivity index (χ2v) is 6.10. The maximum absolute atomic E-state index is 12.5. The first-order valence-electron chi connectivity index (χ1n) is 8.66. The van der Waals surface area contributed by atoms with Gasteiger partial charge in [-0.15, -0.1) is 0 Å². The third-order valence-corrected chi connectivity index (χ3v) is 4.55. The van der Waals surface area contributed by atoms with Crippen LogP contribution in [0.1, 0.15) is 52.9 Å². The average molecular weight is 338 g/mol. The molecular weight excluding hydrogens is 312 g/mol. The van der Waals surface area contributed by atoms with Crippen LogP contribution in [-0.4, -0.2) is 42.2 Å². The Labute approximate surface area is 142 Å². The van der Waals surface area contributed by atoms with Crippen molar-refractivity contribution in [2.24, 2.45) is 5.92 Å². The first-order chi connectivity index (χ1) is 11.5. The summed E-state index contributed by atoms with van der Waals surface area (Å²) in [6.07, 6.45) is 4.18.